The molecule has 0 radical (unpaired) electrons. The van der Waals surface area contributed by atoms with Gasteiger partial charge in [-0.2, -0.15) is 0 Å². The first-order valence-corrected chi connectivity index (χ1v) is 7.73. The van der Waals surface area contributed by atoms with E-state index in [2.05, 4.69) is 4.98 Å². The molecule has 3 aromatic rings. The molecule has 2 heterocycles. The molecular weight excluding hydrogens is 330 g/mol. The molecule has 2 N–H and O–H groups in total. The van der Waals surface area contributed by atoms with Gasteiger partial charge in [0, 0.05) is 11.6 Å². The summed E-state index contributed by atoms with van der Waals surface area (Å²) in [5, 5.41) is 0.200. The minimum absolute atomic E-state index is 0.152. The van der Waals surface area contributed by atoms with Crippen LogP contribution in [0.25, 0.3) is 11.0 Å². The van der Waals surface area contributed by atoms with Crippen molar-refractivity contribution in [1.29, 1.82) is 0 Å². The molecule has 5 nitrogen and oxygen atoms in total. The quantitative estimate of drug-likeness (QED) is 0.738. The van der Waals surface area contributed by atoms with Gasteiger partial charge in [0.25, 0.3) is 12.3 Å². The molecule has 25 heavy (non-hydrogen) atoms. The molecule has 0 aliphatic rings. The van der Waals surface area contributed by atoms with Crippen molar-refractivity contribution in [1.82, 2.24) is 4.98 Å². The summed E-state index contributed by atoms with van der Waals surface area (Å²) in [6, 6.07) is 9.88. The van der Waals surface area contributed by atoms with Gasteiger partial charge >= 0.3 is 0 Å². The lowest BCUT2D eigenvalue weighted by molar-refractivity contribution is 0.0967. The number of amides is 1. The Hall–Kier alpha value is -2.96. The number of carbonyl (C=O) groups excluding carboxylic acids is 1. The van der Waals surface area contributed by atoms with E-state index in [0.29, 0.717) is 11.4 Å². The number of alkyl halides is 2. The van der Waals surface area contributed by atoms with Crippen molar-refractivity contribution in [2.75, 3.05) is 0 Å². The van der Waals surface area contributed by atoms with Gasteiger partial charge in [-0.1, -0.05) is 19.9 Å². The second-order valence-corrected chi connectivity index (χ2v) is 4.77. The fourth-order valence-corrected chi connectivity index (χ4v) is 2.23. The number of primary amides is 1. The summed E-state index contributed by atoms with van der Waals surface area (Å²) in [7, 11) is 0. The first kappa shape index (κ1) is 18.4. The van der Waals surface area contributed by atoms with Crippen molar-refractivity contribution in [3.8, 4) is 5.75 Å². The predicted molar refractivity (Wildman–Crippen MR) is 89.6 cm³/mol. The topological polar surface area (TPSA) is 78.4 Å². The lowest BCUT2D eigenvalue weighted by Crippen LogP contribution is -2.12. The van der Waals surface area contributed by atoms with Crippen LogP contribution in [-0.2, 0) is 6.61 Å². The highest BCUT2D eigenvalue weighted by Crippen LogP contribution is 2.34. The number of nitrogens with two attached hydrogens (primary N) is 1. The lowest BCUT2D eigenvalue weighted by atomic mass is 10.1. The molecule has 0 bridgehead atoms. The van der Waals surface area contributed by atoms with Crippen LogP contribution < -0.4 is 10.5 Å². The fraction of sp³-hybridized carbons (Fsp3) is 0.222. The minimum Gasteiger partial charge on any atom is -0.487 e. The van der Waals surface area contributed by atoms with E-state index in [0.717, 1.165) is 0 Å². The molecule has 1 amide bonds. The largest absolute Gasteiger partial charge is 0.487 e. The third kappa shape index (κ3) is 4.12. The Bertz CT molecular complexity index is 848. The predicted octanol–water partition coefficient (Wildman–Crippen LogP) is 4.47. The summed E-state index contributed by atoms with van der Waals surface area (Å²) in [5.41, 5.74) is 5.74. The van der Waals surface area contributed by atoms with Crippen LogP contribution in [0, 0.1) is 0 Å². The van der Waals surface area contributed by atoms with Crippen LogP contribution in [0.4, 0.5) is 8.78 Å². The Kier molecular flexibility index (Phi) is 6.05. The van der Waals surface area contributed by atoms with Crippen molar-refractivity contribution in [3.63, 3.8) is 0 Å². The van der Waals surface area contributed by atoms with E-state index in [1.165, 1.54) is 12.1 Å². The third-order valence-electron chi connectivity index (χ3n) is 3.24. The first-order valence-electron chi connectivity index (χ1n) is 7.73. The van der Waals surface area contributed by atoms with E-state index >= 15 is 0 Å². The van der Waals surface area contributed by atoms with Gasteiger partial charge in [0.1, 0.15) is 17.9 Å². The molecule has 0 saturated carbocycles. The second kappa shape index (κ2) is 8.23. The Labute approximate surface area is 143 Å². The van der Waals surface area contributed by atoms with Crippen molar-refractivity contribution in [2.45, 2.75) is 26.9 Å². The summed E-state index contributed by atoms with van der Waals surface area (Å²) in [5.74, 6) is -1.30. The highest BCUT2D eigenvalue weighted by Gasteiger charge is 2.25. The van der Waals surface area contributed by atoms with Gasteiger partial charge in [-0.25, -0.2) is 8.78 Å². The number of fused-ring (bicyclic) bond motifs is 1. The number of aromatic nitrogens is 1. The fourth-order valence-electron chi connectivity index (χ4n) is 2.23. The number of carbonyl (C=O) groups is 1. The summed E-state index contributed by atoms with van der Waals surface area (Å²) in [4.78, 5) is 15.6. The summed E-state index contributed by atoms with van der Waals surface area (Å²) in [6.45, 7) is 4.21. The number of benzene rings is 1. The van der Waals surface area contributed by atoms with Crippen LogP contribution in [0.1, 0.15) is 42.1 Å². The molecule has 0 fully saturated rings. The van der Waals surface area contributed by atoms with E-state index in [-0.39, 0.29) is 23.1 Å². The van der Waals surface area contributed by atoms with E-state index < -0.39 is 18.1 Å². The van der Waals surface area contributed by atoms with E-state index in [9.17, 15) is 13.6 Å². The monoisotopic (exact) mass is 348 g/mol. The molecule has 132 valence electrons. The molecule has 0 atom stereocenters. The van der Waals surface area contributed by atoms with E-state index in [4.69, 9.17) is 14.9 Å². The van der Waals surface area contributed by atoms with Crippen molar-refractivity contribution >= 4 is 16.9 Å². The maximum Gasteiger partial charge on any atom is 0.296 e. The zero-order valence-corrected chi connectivity index (χ0v) is 13.8. The van der Waals surface area contributed by atoms with Crippen LogP contribution in [0.3, 0.4) is 0 Å². The number of nitrogens with zero attached hydrogens (tertiary/aromatic N) is 1. The average Bonchev–Trinajstić information content (AvgIpc) is 3.02. The second-order valence-electron chi connectivity index (χ2n) is 4.77. The molecule has 0 aliphatic carbocycles. The molecular formula is C18H18F2N2O3. The standard InChI is InChI=1S/C16H12F2N2O3.C2H6/c17-15(18)14-13(16(19)21)11-7-10(4-5-12(11)23-14)22-8-9-3-1-2-6-20-9;1-2/h1-7,15H,8H2,(H2,19,21);1-2H3. The Morgan fingerprint density at radius 3 is 2.64 bits per heavy atom. The number of rotatable bonds is 5. The molecule has 0 aliphatic heterocycles. The Morgan fingerprint density at radius 1 is 1.28 bits per heavy atom. The zero-order valence-electron chi connectivity index (χ0n) is 13.8. The molecule has 0 saturated heterocycles. The van der Waals surface area contributed by atoms with Crippen LogP contribution in [0.5, 0.6) is 5.75 Å². The Morgan fingerprint density at radius 2 is 2.04 bits per heavy atom. The maximum absolute atomic E-state index is 13.0. The van der Waals surface area contributed by atoms with Gasteiger partial charge in [0.15, 0.2) is 5.76 Å². The zero-order chi connectivity index (χ0) is 18.4. The molecule has 1 aromatic carbocycles. The van der Waals surface area contributed by atoms with Gasteiger partial charge in [-0.15, -0.1) is 0 Å². The average molecular weight is 348 g/mol. The first-order chi connectivity index (χ1) is 12.1. The van der Waals surface area contributed by atoms with Crippen molar-refractivity contribution in [2.24, 2.45) is 5.73 Å². The summed E-state index contributed by atoms with van der Waals surface area (Å²) < 4.78 is 36.5. The molecule has 0 unspecified atom stereocenters. The van der Waals surface area contributed by atoms with Gasteiger partial charge in [-0.3, -0.25) is 9.78 Å². The number of hydrogen-bond acceptors (Lipinski definition) is 4. The van der Waals surface area contributed by atoms with Crippen LogP contribution in [0.2, 0.25) is 0 Å². The van der Waals surface area contributed by atoms with Crippen molar-refractivity contribution < 1.29 is 22.7 Å². The van der Waals surface area contributed by atoms with Crippen LogP contribution in [0.15, 0.2) is 47.0 Å². The molecule has 7 heteroatoms. The SMILES string of the molecule is CC.NC(=O)c1c(C(F)F)oc2ccc(OCc3ccccn3)cc12. The molecule has 2 aromatic heterocycles. The smallest absolute Gasteiger partial charge is 0.296 e. The number of hydrogen-bond donors (Lipinski definition) is 1. The minimum atomic E-state index is -2.93. The summed E-state index contributed by atoms with van der Waals surface area (Å²) >= 11 is 0. The number of halogens is 2. The van der Waals surface area contributed by atoms with E-state index in [1.807, 2.05) is 19.9 Å². The third-order valence-corrected chi connectivity index (χ3v) is 3.24. The number of ether oxygens (including phenoxy) is 1. The van der Waals surface area contributed by atoms with Crippen LogP contribution >= 0.6 is 0 Å². The maximum atomic E-state index is 13.0. The van der Waals surface area contributed by atoms with Gasteiger partial charge < -0.3 is 14.9 Å². The van der Waals surface area contributed by atoms with Gasteiger partial charge in [0.2, 0.25) is 0 Å². The number of pyridine rings is 1. The van der Waals surface area contributed by atoms with Gasteiger partial charge in [-0.05, 0) is 30.3 Å². The number of furan rings is 1. The Balaban J connectivity index is 0.00000109. The highest BCUT2D eigenvalue weighted by molar-refractivity contribution is 6.06. The normalized spacial score (nSPS) is 10.4. The highest BCUT2D eigenvalue weighted by atomic mass is 19.3. The summed E-state index contributed by atoms with van der Waals surface area (Å²) in [6.07, 6.45) is -1.29. The van der Waals surface area contributed by atoms with Gasteiger partial charge in [0.05, 0.1) is 11.3 Å². The lowest BCUT2D eigenvalue weighted by Gasteiger charge is -2.05. The van der Waals surface area contributed by atoms with E-state index in [1.54, 1.807) is 24.4 Å². The van der Waals surface area contributed by atoms with Crippen molar-refractivity contribution in [3.05, 3.63) is 59.6 Å². The molecule has 3 rings (SSSR count). The molecule has 0 spiro atoms. The van der Waals surface area contributed by atoms with Crippen LogP contribution in [-0.4, -0.2) is 10.9 Å².